The van der Waals surface area contributed by atoms with Crippen molar-refractivity contribution in [2.75, 3.05) is 19.6 Å². The Kier molecular flexibility index (Phi) is 4.51. The van der Waals surface area contributed by atoms with E-state index in [1.807, 2.05) is 6.92 Å². The SMILES string of the molecule is COCOc1cncc(-c2cc3cc(N)ncc3c(Cl)c2F)c1C. The van der Waals surface area contributed by atoms with Gasteiger partial charge in [-0.3, -0.25) is 4.98 Å². The number of anilines is 1. The van der Waals surface area contributed by atoms with Crippen LogP contribution in [-0.4, -0.2) is 23.9 Å². The highest BCUT2D eigenvalue weighted by Crippen LogP contribution is 2.37. The lowest BCUT2D eigenvalue weighted by atomic mass is 9.99. The fourth-order valence-electron chi connectivity index (χ4n) is 2.49. The molecule has 3 aromatic rings. The Morgan fingerprint density at radius 3 is 2.75 bits per heavy atom. The summed E-state index contributed by atoms with van der Waals surface area (Å²) in [6, 6.07) is 3.33. The average molecular weight is 348 g/mol. The molecule has 0 saturated heterocycles. The molecule has 0 fully saturated rings. The van der Waals surface area contributed by atoms with Gasteiger partial charge < -0.3 is 15.2 Å². The van der Waals surface area contributed by atoms with E-state index in [9.17, 15) is 4.39 Å². The van der Waals surface area contributed by atoms with Crippen molar-refractivity contribution in [3.63, 3.8) is 0 Å². The molecular weight excluding hydrogens is 333 g/mol. The fourth-order valence-corrected chi connectivity index (χ4v) is 2.75. The zero-order valence-electron chi connectivity index (χ0n) is 13.1. The van der Waals surface area contributed by atoms with Crippen molar-refractivity contribution in [2.45, 2.75) is 6.92 Å². The Labute approximate surface area is 143 Å². The molecule has 0 aliphatic rings. The molecule has 0 aliphatic carbocycles. The molecule has 3 rings (SSSR count). The summed E-state index contributed by atoms with van der Waals surface area (Å²) in [5, 5.41) is 1.20. The maximum absolute atomic E-state index is 14.8. The number of nitrogen functional groups attached to an aromatic ring is 1. The predicted octanol–water partition coefficient (Wildman–Crippen LogP) is 3.96. The lowest BCUT2D eigenvalue weighted by molar-refractivity contribution is 0.0504. The van der Waals surface area contributed by atoms with Crippen molar-refractivity contribution < 1.29 is 13.9 Å². The molecule has 7 heteroatoms. The molecule has 2 aromatic heterocycles. The molecule has 2 heterocycles. The van der Waals surface area contributed by atoms with Gasteiger partial charge in [0.05, 0.1) is 11.2 Å². The van der Waals surface area contributed by atoms with Gasteiger partial charge in [-0.1, -0.05) is 11.6 Å². The lowest BCUT2D eigenvalue weighted by Crippen LogP contribution is -2.02. The fraction of sp³-hybridized carbons (Fsp3) is 0.176. The van der Waals surface area contributed by atoms with Crippen LogP contribution in [0.4, 0.5) is 10.2 Å². The maximum Gasteiger partial charge on any atom is 0.188 e. The summed E-state index contributed by atoms with van der Waals surface area (Å²) in [7, 11) is 1.52. The van der Waals surface area contributed by atoms with Gasteiger partial charge in [0, 0.05) is 41.6 Å². The molecule has 2 N–H and O–H groups in total. The Morgan fingerprint density at radius 2 is 2.00 bits per heavy atom. The van der Waals surface area contributed by atoms with Gasteiger partial charge in [0.25, 0.3) is 0 Å². The third-order valence-electron chi connectivity index (χ3n) is 3.71. The standard InChI is InChI=1S/C17H15ClFN3O2/c1-9-12(5-21-7-14(9)24-8-23-2)11-3-10-4-15(20)22-6-13(10)16(18)17(11)19/h3-7H,8H2,1-2H3,(H2,20,22). The van der Waals surface area contributed by atoms with E-state index < -0.39 is 5.82 Å². The van der Waals surface area contributed by atoms with Crippen LogP contribution >= 0.6 is 11.6 Å². The monoisotopic (exact) mass is 347 g/mol. The number of benzene rings is 1. The first kappa shape index (κ1) is 16.4. The highest BCUT2D eigenvalue weighted by atomic mass is 35.5. The van der Waals surface area contributed by atoms with Crippen molar-refractivity contribution in [1.82, 2.24) is 9.97 Å². The molecule has 0 aliphatic heterocycles. The van der Waals surface area contributed by atoms with Crippen molar-refractivity contribution in [3.05, 3.63) is 47.1 Å². The number of hydrogen-bond donors (Lipinski definition) is 1. The predicted molar refractivity (Wildman–Crippen MR) is 91.6 cm³/mol. The summed E-state index contributed by atoms with van der Waals surface area (Å²) < 4.78 is 25.1. The minimum atomic E-state index is -0.537. The molecule has 0 radical (unpaired) electrons. The zero-order chi connectivity index (χ0) is 17.3. The highest BCUT2D eigenvalue weighted by Gasteiger charge is 2.17. The summed E-state index contributed by atoms with van der Waals surface area (Å²) in [6.45, 7) is 1.90. The van der Waals surface area contributed by atoms with Crippen LogP contribution in [0.1, 0.15) is 5.56 Å². The van der Waals surface area contributed by atoms with Crippen LogP contribution in [-0.2, 0) is 4.74 Å². The minimum absolute atomic E-state index is 0.00221. The van der Waals surface area contributed by atoms with Gasteiger partial charge in [0.15, 0.2) is 6.79 Å². The van der Waals surface area contributed by atoms with Crippen LogP contribution < -0.4 is 10.5 Å². The number of fused-ring (bicyclic) bond motifs is 1. The van der Waals surface area contributed by atoms with Crippen molar-refractivity contribution in [1.29, 1.82) is 0 Å². The second kappa shape index (κ2) is 6.59. The number of hydrogen-bond acceptors (Lipinski definition) is 5. The topological polar surface area (TPSA) is 70.3 Å². The molecule has 0 unspecified atom stereocenters. The summed E-state index contributed by atoms with van der Waals surface area (Å²) in [5.41, 5.74) is 7.36. The number of pyridine rings is 2. The maximum atomic E-state index is 14.8. The van der Waals surface area contributed by atoms with E-state index in [4.69, 9.17) is 26.8 Å². The van der Waals surface area contributed by atoms with Crippen molar-refractivity contribution >= 4 is 28.2 Å². The molecule has 0 atom stereocenters. The highest BCUT2D eigenvalue weighted by molar-refractivity contribution is 6.36. The number of nitrogens with zero attached hydrogens (tertiary/aromatic N) is 2. The molecule has 24 heavy (non-hydrogen) atoms. The van der Waals surface area contributed by atoms with E-state index in [0.29, 0.717) is 33.5 Å². The Bertz CT molecular complexity index is 918. The number of rotatable bonds is 4. The van der Waals surface area contributed by atoms with Crippen LogP contribution in [0.5, 0.6) is 5.75 Å². The summed E-state index contributed by atoms with van der Waals surface area (Å²) in [5.74, 6) is 0.312. The number of ether oxygens (including phenoxy) is 2. The van der Waals surface area contributed by atoms with Gasteiger partial charge in [0.1, 0.15) is 17.4 Å². The van der Waals surface area contributed by atoms with Crippen LogP contribution in [0.3, 0.4) is 0 Å². The van der Waals surface area contributed by atoms with E-state index in [0.717, 1.165) is 5.56 Å². The summed E-state index contributed by atoms with van der Waals surface area (Å²) >= 11 is 6.18. The molecule has 5 nitrogen and oxygen atoms in total. The molecule has 0 amide bonds. The largest absolute Gasteiger partial charge is 0.466 e. The Morgan fingerprint density at radius 1 is 1.21 bits per heavy atom. The average Bonchev–Trinajstić information content (AvgIpc) is 2.57. The third kappa shape index (κ3) is 2.86. The van der Waals surface area contributed by atoms with E-state index in [1.54, 1.807) is 24.5 Å². The molecule has 0 saturated carbocycles. The van der Waals surface area contributed by atoms with Crippen LogP contribution in [0, 0.1) is 12.7 Å². The molecule has 0 spiro atoms. The lowest BCUT2D eigenvalue weighted by Gasteiger charge is -2.14. The number of halogens is 2. The van der Waals surface area contributed by atoms with E-state index >= 15 is 0 Å². The van der Waals surface area contributed by atoms with Gasteiger partial charge >= 0.3 is 0 Å². The van der Waals surface area contributed by atoms with Gasteiger partial charge in [-0.2, -0.15) is 0 Å². The molecule has 0 bridgehead atoms. The van der Waals surface area contributed by atoms with Gasteiger partial charge in [0.2, 0.25) is 0 Å². The molecule has 124 valence electrons. The number of aromatic nitrogens is 2. The normalized spacial score (nSPS) is 11.0. The van der Waals surface area contributed by atoms with Gasteiger partial charge in [-0.25, -0.2) is 9.37 Å². The first-order chi connectivity index (χ1) is 11.5. The second-order valence-electron chi connectivity index (χ2n) is 5.24. The first-order valence-electron chi connectivity index (χ1n) is 7.13. The van der Waals surface area contributed by atoms with Gasteiger partial charge in [-0.05, 0) is 24.4 Å². The minimum Gasteiger partial charge on any atom is -0.466 e. The smallest absolute Gasteiger partial charge is 0.188 e. The van der Waals surface area contributed by atoms with Crippen LogP contribution in [0.2, 0.25) is 5.02 Å². The van der Waals surface area contributed by atoms with E-state index in [-0.39, 0.29) is 11.8 Å². The Balaban J connectivity index is 2.21. The van der Waals surface area contributed by atoms with E-state index in [1.165, 1.54) is 13.3 Å². The summed E-state index contributed by atoms with van der Waals surface area (Å²) in [6.07, 6.45) is 4.59. The zero-order valence-corrected chi connectivity index (χ0v) is 13.9. The summed E-state index contributed by atoms with van der Waals surface area (Å²) in [4.78, 5) is 8.07. The molecular formula is C17H15ClFN3O2. The molecule has 1 aromatic carbocycles. The van der Waals surface area contributed by atoms with Crippen molar-refractivity contribution in [3.8, 4) is 16.9 Å². The second-order valence-corrected chi connectivity index (χ2v) is 5.62. The third-order valence-corrected chi connectivity index (χ3v) is 4.08. The van der Waals surface area contributed by atoms with E-state index in [2.05, 4.69) is 9.97 Å². The van der Waals surface area contributed by atoms with Crippen molar-refractivity contribution in [2.24, 2.45) is 0 Å². The number of nitrogens with two attached hydrogens (primary N) is 1. The Hall–Kier alpha value is -2.44. The number of methoxy groups -OCH3 is 1. The van der Waals surface area contributed by atoms with Crippen LogP contribution in [0.15, 0.2) is 30.7 Å². The quantitative estimate of drug-likeness (QED) is 0.723. The van der Waals surface area contributed by atoms with Crippen LogP contribution in [0.25, 0.3) is 21.9 Å². The first-order valence-corrected chi connectivity index (χ1v) is 7.50. The van der Waals surface area contributed by atoms with Gasteiger partial charge in [-0.15, -0.1) is 0 Å².